The zero-order chi connectivity index (χ0) is 14.1. The quantitative estimate of drug-likeness (QED) is 0.416. The van der Waals surface area contributed by atoms with Gasteiger partial charge in [-0.15, -0.1) is 0 Å². The Balaban J connectivity index is 2.10. The summed E-state index contributed by atoms with van der Waals surface area (Å²) in [5.41, 5.74) is 1.86. The van der Waals surface area contributed by atoms with Crippen LogP contribution in [0.2, 0.25) is 0 Å². The van der Waals surface area contributed by atoms with Crippen molar-refractivity contribution in [2.45, 2.75) is 13.5 Å². The molecule has 2 aromatic heterocycles. The van der Waals surface area contributed by atoms with Crippen molar-refractivity contribution in [3.8, 4) is 11.5 Å². The summed E-state index contributed by atoms with van der Waals surface area (Å²) in [6.45, 7) is 2.89. The van der Waals surface area contributed by atoms with E-state index in [4.69, 9.17) is 4.42 Å². The van der Waals surface area contributed by atoms with Crippen molar-refractivity contribution >= 4 is 16.8 Å². The number of nitrogens with zero attached hydrogens (tertiary/aromatic N) is 3. The van der Waals surface area contributed by atoms with E-state index >= 15 is 0 Å². The van der Waals surface area contributed by atoms with Gasteiger partial charge >= 0.3 is 0 Å². The standard InChI is InChI=1S/C14H12N3O3/c1-2-16-7-3-4-10(9-16)14-15-12-6-5-11(17(18)19)8-13(12)20-14/h3-9H,2H2,1H3/q+1. The Bertz CT molecular complexity index is 795. The van der Waals surface area contributed by atoms with Crippen LogP contribution >= 0.6 is 0 Å². The summed E-state index contributed by atoms with van der Waals surface area (Å²) in [4.78, 5) is 14.7. The second-order valence-electron chi connectivity index (χ2n) is 4.35. The molecule has 0 atom stereocenters. The van der Waals surface area contributed by atoms with Crippen molar-refractivity contribution in [2.75, 3.05) is 0 Å². The summed E-state index contributed by atoms with van der Waals surface area (Å²) < 4.78 is 7.62. The number of rotatable bonds is 3. The SMILES string of the molecule is CC[n+]1cccc(-c2nc3ccc([N+](=O)[O-])cc3o2)c1. The van der Waals surface area contributed by atoms with Crippen LogP contribution < -0.4 is 4.57 Å². The third-order valence-corrected chi connectivity index (χ3v) is 3.05. The lowest BCUT2D eigenvalue weighted by atomic mass is 10.3. The van der Waals surface area contributed by atoms with Crippen molar-refractivity contribution in [3.05, 3.63) is 52.8 Å². The van der Waals surface area contributed by atoms with E-state index in [1.807, 2.05) is 36.0 Å². The van der Waals surface area contributed by atoms with Crippen LogP contribution in [0.3, 0.4) is 0 Å². The third-order valence-electron chi connectivity index (χ3n) is 3.05. The molecule has 0 amide bonds. The molecule has 6 nitrogen and oxygen atoms in total. The van der Waals surface area contributed by atoms with E-state index in [-0.39, 0.29) is 5.69 Å². The van der Waals surface area contributed by atoms with Crippen LogP contribution in [-0.4, -0.2) is 9.91 Å². The predicted octanol–water partition coefficient (Wildman–Crippen LogP) is 2.71. The number of pyridine rings is 1. The van der Waals surface area contributed by atoms with Crippen LogP contribution in [0.4, 0.5) is 5.69 Å². The first-order valence-corrected chi connectivity index (χ1v) is 6.22. The minimum absolute atomic E-state index is 0.00289. The summed E-state index contributed by atoms with van der Waals surface area (Å²) in [7, 11) is 0. The first-order valence-electron chi connectivity index (χ1n) is 6.22. The summed E-state index contributed by atoms with van der Waals surface area (Å²) in [6, 6.07) is 8.22. The normalized spacial score (nSPS) is 10.8. The number of fused-ring (bicyclic) bond motifs is 1. The molecule has 0 aliphatic rings. The van der Waals surface area contributed by atoms with Gasteiger partial charge in [0.2, 0.25) is 5.89 Å². The molecule has 0 N–H and O–H groups in total. The Kier molecular flexibility index (Phi) is 2.90. The second kappa shape index (κ2) is 4.73. The Labute approximate surface area is 114 Å². The smallest absolute Gasteiger partial charge is 0.273 e. The maximum Gasteiger partial charge on any atom is 0.273 e. The summed E-state index contributed by atoms with van der Waals surface area (Å²) in [5, 5.41) is 10.7. The van der Waals surface area contributed by atoms with E-state index in [2.05, 4.69) is 4.98 Å². The molecule has 0 aliphatic carbocycles. The molecule has 0 radical (unpaired) electrons. The molecule has 0 fully saturated rings. The van der Waals surface area contributed by atoms with E-state index < -0.39 is 4.92 Å². The molecule has 1 aromatic carbocycles. The highest BCUT2D eigenvalue weighted by Gasteiger charge is 2.14. The van der Waals surface area contributed by atoms with Crippen LogP contribution in [0, 0.1) is 10.1 Å². The molecular formula is C14H12N3O3+. The van der Waals surface area contributed by atoms with E-state index in [0.29, 0.717) is 17.0 Å². The summed E-state index contributed by atoms with van der Waals surface area (Å²) in [6.07, 6.45) is 3.89. The van der Waals surface area contributed by atoms with Gasteiger partial charge < -0.3 is 4.42 Å². The first-order chi connectivity index (χ1) is 9.67. The molecule has 0 unspecified atom stereocenters. The molecule has 20 heavy (non-hydrogen) atoms. The fourth-order valence-electron chi connectivity index (χ4n) is 2.00. The predicted molar refractivity (Wildman–Crippen MR) is 72.0 cm³/mol. The molecule has 2 heterocycles. The number of aromatic nitrogens is 2. The molecule has 3 rings (SSSR count). The second-order valence-corrected chi connectivity index (χ2v) is 4.35. The molecular weight excluding hydrogens is 258 g/mol. The topological polar surface area (TPSA) is 73.0 Å². The summed E-state index contributed by atoms with van der Waals surface area (Å²) in [5.74, 6) is 0.461. The average Bonchev–Trinajstić information content (AvgIpc) is 2.90. The van der Waals surface area contributed by atoms with E-state index in [0.717, 1.165) is 12.1 Å². The van der Waals surface area contributed by atoms with Crippen molar-refractivity contribution in [1.29, 1.82) is 0 Å². The Morgan fingerprint density at radius 1 is 1.40 bits per heavy atom. The van der Waals surface area contributed by atoms with Crippen LogP contribution in [-0.2, 0) is 6.54 Å². The van der Waals surface area contributed by atoms with Gasteiger partial charge in [-0.05, 0) is 19.1 Å². The lowest BCUT2D eigenvalue weighted by Crippen LogP contribution is -2.30. The molecule has 6 heteroatoms. The Morgan fingerprint density at radius 2 is 2.25 bits per heavy atom. The van der Waals surface area contributed by atoms with Crippen molar-refractivity contribution in [1.82, 2.24) is 4.98 Å². The molecule has 0 aliphatic heterocycles. The largest absolute Gasteiger partial charge is 0.436 e. The molecule has 0 saturated heterocycles. The minimum Gasteiger partial charge on any atom is -0.436 e. The van der Waals surface area contributed by atoms with Crippen molar-refractivity contribution in [2.24, 2.45) is 0 Å². The van der Waals surface area contributed by atoms with Crippen LogP contribution in [0.25, 0.3) is 22.6 Å². The molecule has 100 valence electrons. The van der Waals surface area contributed by atoms with Gasteiger partial charge in [-0.1, -0.05) is 0 Å². The highest BCUT2D eigenvalue weighted by atomic mass is 16.6. The molecule has 0 saturated carbocycles. The zero-order valence-electron chi connectivity index (χ0n) is 10.8. The van der Waals surface area contributed by atoms with E-state index in [9.17, 15) is 10.1 Å². The number of nitro benzene ring substituents is 1. The monoisotopic (exact) mass is 270 g/mol. The van der Waals surface area contributed by atoms with E-state index in [1.165, 1.54) is 12.1 Å². The number of hydrogen-bond donors (Lipinski definition) is 0. The zero-order valence-corrected chi connectivity index (χ0v) is 10.8. The lowest BCUT2D eigenvalue weighted by Gasteiger charge is -1.94. The van der Waals surface area contributed by atoms with Gasteiger partial charge in [0.1, 0.15) is 17.6 Å². The van der Waals surface area contributed by atoms with Gasteiger partial charge in [0.25, 0.3) is 5.69 Å². The average molecular weight is 270 g/mol. The molecule has 0 bridgehead atoms. The summed E-state index contributed by atoms with van der Waals surface area (Å²) >= 11 is 0. The number of non-ortho nitro benzene ring substituents is 1. The number of nitro groups is 1. The van der Waals surface area contributed by atoms with E-state index in [1.54, 1.807) is 6.07 Å². The van der Waals surface area contributed by atoms with Crippen molar-refractivity contribution < 1.29 is 13.9 Å². The highest BCUT2D eigenvalue weighted by Crippen LogP contribution is 2.26. The fourth-order valence-corrected chi connectivity index (χ4v) is 2.00. The van der Waals surface area contributed by atoms with Gasteiger partial charge in [-0.3, -0.25) is 10.1 Å². The van der Waals surface area contributed by atoms with Crippen LogP contribution in [0.15, 0.2) is 47.1 Å². The maximum atomic E-state index is 10.7. The minimum atomic E-state index is -0.449. The number of benzene rings is 1. The number of aryl methyl sites for hydroxylation is 1. The van der Waals surface area contributed by atoms with Crippen LogP contribution in [0.1, 0.15) is 6.92 Å². The van der Waals surface area contributed by atoms with Gasteiger partial charge in [-0.2, -0.15) is 0 Å². The Hall–Kier alpha value is -2.76. The number of oxazole rings is 1. The fraction of sp³-hybridized carbons (Fsp3) is 0.143. The number of hydrogen-bond acceptors (Lipinski definition) is 4. The van der Waals surface area contributed by atoms with Gasteiger partial charge in [0, 0.05) is 12.1 Å². The van der Waals surface area contributed by atoms with Crippen LogP contribution in [0.5, 0.6) is 0 Å². The molecule has 0 spiro atoms. The van der Waals surface area contributed by atoms with Gasteiger partial charge in [0.05, 0.1) is 11.0 Å². The van der Waals surface area contributed by atoms with Gasteiger partial charge in [-0.25, -0.2) is 9.55 Å². The van der Waals surface area contributed by atoms with Gasteiger partial charge in [0.15, 0.2) is 18.0 Å². The third kappa shape index (κ3) is 2.11. The lowest BCUT2D eigenvalue weighted by molar-refractivity contribution is -0.693. The van der Waals surface area contributed by atoms with Crippen molar-refractivity contribution in [3.63, 3.8) is 0 Å². The molecule has 3 aromatic rings. The maximum absolute atomic E-state index is 10.7. The highest BCUT2D eigenvalue weighted by molar-refractivity contribution is 5.78. The first kappa shape index (κ1) is 12.3. The Morgan fingerprint density at radius 3 is 3.00 bits per heavy atom.